The van der Waals surface area contributed by atoms with Crippen LogP contribution in [0.25, 0.3) is 11.6 Å². The van der Waals surface area contributed by atoms with Crippen molar-refractivity contribution in [2.45, 2.75) is 6.92 Å². The van der Waals surface area contributed by atoms with Crippen molar-refractivity contribution < 1.29 is 4.39 Å². The second-order valence-corrected chi connectivity index (χ2v) is 5.14. The third-order valence-electron chi connectivity index (χ3n) is 3.33. The fourth-order valence-corrected chi connectivity index (χ4v) is 2.32. The molecule has 0 saturated heterocycles. The molecule has 2 aromatic carbocycles. The molecular formula is C19H20FN. The van der Waals surface area contributed by atoms with Gasteiger partial charge in [-0.15, -0.1) is 0 Å². The lowest BCUT2D eigenvalue weighted by Crippen LogP contribution is -2.13. The number of benzene rings is 2. The minimum atomic E-state index is -0.229. The van der Waals surface area contributed by atoms with Crippen LogP contribution < -0.4 is 0 Å². The standard InChI is InChI=1S/C19H20FN/c1-15(17-12-8-5-9-13-17)19(21(2)3)18(20)14-16-10-6-4-7-11-16/h4-14H,1-3H3. The van der Waals surface area contributed by atoms with Crippen molar-refractivity contribution in [2.75, 3.05) is 14.1 Å². The first-order valence-corrected chi connectivity index (χ1v) is 6.96. The SMILES string of the molecule is CC(=C(C(F)=Cc1ccccc1)N(C)C)c1ccccc1. The van der Waals surface area contributed by atoms with E-state index in [1.165, 1.54) is 0 Å². The predicted octanol–water partition coefficient (Wildman–Crippen LogP) is 4.99. The maximum atomic E-state index is 14.7. The Labute approximate surface area is 126 Å². The first kappa shape index (κ1) is 15.0. The summed E-state index contributed by atoms with van der Waals surface area (Å²) in [5, 5.41) is 0. The van der Waals surface area contributed by atoms with Crippen LogP contribution in [0.1, 0.15) is 18.1 Å². The number of rotatable bonds is 4. The first-order chi connectivity index (χ1) is 10.1. The summed E-state index contributed by atoms with van der Waals surface area (Å²) in [5.41, 5.74) is 3.41. The van der Waals surface area contributed by atoms with E-state index in [1.54, 1.807) is 6.08 Å². The van der Waals surface area contributed by atoms with Gasteiger partial charge in [0.05, 0.1) is 5.70 Å². The van der Waals surface area contributed by atoms with Crippen LogP contribution in [0.3, 0.4) is 0 Å². The van der Waals surface area contributed by atoms with Crippen LogP contribution in [0, 0.1) is 0 Å². The highest BCUT2D eigenvalue weighted by atomic mass is 19.1. The molecule has 21 heavy (non-hydrogen) atoms. The van der Waals surface area contributed by atoms with E-state index in [-0.39, 0.29) is 5.83 Å². The molecule has 2 aromatic rings. The Balaban J connectivity index is 2.47. The molecule has 0 aliphatic heterocycles. The summed E-state index contributed by atoms with van der Waals surface area (Å²) in [4.78, 5) is 1.82. The Bertz CT molecular complexity index is 640. The highest BCUT2D eigenvalue weighted by molar-refractivity contribution is 5.72. The van der Waals surface area contributed by atoms with Gasteiger partial charge in [0.25, 0.3) is 0 Å². The van der Waals surface area contributed by atoms with Crippen LogP contribution in [0.15, 0.2) is 72.2 Å². The molecule has 0 radical (unpaired) electrons. The topological polar surface area (TPSA) is 3.24 Å². The molecule has 2 heteroatoms. The molecule has 0 unspecified atom stereocenters. The van der Waals surface area contributed by atoms with Gasteiger partial charge in [0.2, 0.25) is 0 Å². The Morgan fingerprint density at radius 2 is 1.43 bits per heavy atom. The van der Waals surface area contributed by atoms with E-state index in [2.05, 4.69) is 0 Å². The average Bonchev–Trinajstić information content (AvgIpc) is 2.49. The Kier molecular flexibility index (Phi) is 4.94. The summed E-state index contributed by atoms with van der Waals surface area (Å²) in [7, 11) is 3.72. The fraction of sp³-hybridized carbons (Fsp3) is 0.158. The van der Waals surface area contributed by atoms with Crippen LogP contribution in [0.4, 0.5) is 4.39 Å². The molecule has 0 N–H and O–H groups in total. The Morgan fingerprint density at radius 3 is 1.95 bits per heavy atom. The zero-order valence-electron chi connectivity index (χ0n) is 12.7. The van der Waals surface area contributed by atoms with Crippen molar-refractivity contribution in [1.82, 2.24) is 4.90 Å². The average molecular weight is 281 g/mol. The van der Waals surface area contributed by atoms with Gasteiger partial charge in [-0.25, -0.2) is 4.39 Å². The minimum absolute atomic E-state index is 0.229. The van der Waals surface area contributed by atoms with Gasteiger partial charge in [-0.3, -0.25) is 0 Å². The van der Waals surface area contributed by atoms with E-state index in [4.69, 9.17) is 0 Å². The van der Waals surface area contributed by atoms with Crippen molar-refractivity contribution in [3.63, 3.8) is 0 Å². The van der Waals surface area contributed by atoms with E-state index in [1.807, 2.05) is 86.6 Å². The van der Waals surface area contributed by atoms with Crippen LogP contribution in [0.5, 0.6) is 0 Å². The van der Waals surface area contributed by atoms with Crippen molar-refractivity contribution in [3.05, 3.63) is 83.3 Å². The smallest absolute Gasteiger partial charge is 0.147 e. The van der Waals surface area contributed by atoms with Crippen LogP contribution in [0.2, 0.25) is 0 Å². The van der Waals surface area contributed by atoms with Crippen LogP contribution in [-0.4, -0.2) is 19.0 Å². The maximum Gasteiger partial charge on any atom is 0.147 e. The third-order valence-corrected chi connectivity index (χ3v) is 3.33. The predicted molar refractivity (Wildman–Crippen MR) is 88.3 cm³/mol. The van der Waals surface area contributed by atoms with E-state index in [0.717, 1.165) is 16.7 Å². The van der Waals surface area contributed by atoms with Crippen molar-refractivity contribution >= 4 is 11.6 Å². The molecule has 1 nitrogen and oxygen atoms in total. The van der Waals surface area contributed by atoms with Crippen LogP contribution >= 0.6 is 0 Å². The molecule has 0 atom stereocenters. The Hall–Kier alpha value is -2.35. The maximum absolute atomic E-state index is 14.7. The molecule has 0 bridgehead atoms. The molecule has 0 spiro atoms. The largest absolute Gasteiger partial charge is 0.375 e. The van der Waals surface area contributed by atoms with E-state index in [9.17, 15) is 4.39 Å². The highest BCUT2D eigenvalue weighted by Gasteiger charge is 2.12. The van der Waals surface area contributed by atoms with Gasteiger partial charge < -0.3 is 4.90 Å². The van der Waals surface area contributed by atoms with Gasteiger partial charge in [0.15, 0.2) is 0 Å². The molecule has 0 aliphatic carbocycles. The molecule has 108 valence electrons. The van der Waals surface area contributed by atoms with E-state index >= 15 is 0 Å². The summed E-state index contributed by atoms with van der Waals surface area (Å²) < 4.78 is 14.7. The minimum Gasteiger partial charge on any atom is -0.375 e. The zero-order chi connectivity index (χ0) is 15.2. The summed E-state index contributed by atoms with van der Waals surface area (Å²) in [6.07, 6.45) is 1.57. The van der Waals surface area contributed by atoms with Gasteiger partial charge in [-0.2, -0.15) is 0 Å². The van der Waals surface area contributed by atoms with E-state index < -0.39 is 0 Å². The number of hydrogen-bond donors (Lipinski definition) is 0. The van der Waals surface area contributed by atoms with Crippen molar-refractivity contribution in [3.8, 4) is 0 Å². The lowest BCUT2D eigenvalue weighted by molar-refractivity contribution is 0.481. The normalized spacial score (nSPS) is 12.9. The zero-order valence-corrected chi connectivity index (χ0v) is 12.7. The molecule has 0 amide bonds. The van der Waals surface area contributed by atoms with Gasteiger partial charge >= 0.3 is 0 Å². The second kappa shape index (κ2) is 6.89. The number of likely N-dealkylation sites (N-methyl/N-ethyl adjacent to an activating group) is 1. The third kappa shape index (κ3) is 3.82. The Morgan fingerprint density at radius 1 is 0.905 bits per heavy atom. The number of nitrogens with zero attached hydrogens (tertiary/aromatic N) is 1. The molecule has 0 aromatic heterocycles. The summed E-state index contributed by atoms with van der Waals surface area (Å²) in [6.45, 7) is 1.95. The van der Waals surface area contributed by atoms with Gasteiger partial charge in [0.1, 0.15) is 5.83 Å². The second-order valence-electron chi connectivity index (χ2n) is 5.14. The summed E-state index contributed by atoms with van der Waals surface area (Å²) >= 11 is 0. The molecule has 0 saturated carbocycles. The van der Waals surface area contributed by atoms with Gasteiger partial charge in [-0.1, -0.05) is 60.7 Å². The monoisotopic (exact) mass is 281 g/mol. The van der Waals surface area contributed by atoms with Gasteiger partial charge in [0, 0.05) is 14.1 Å². The van der Waals surface area contributed by atoms with Crippen molar-refractivity contribution in [2.24, 2.45) is 0 Å². The summed E-state index contributed by atoms with van der Waals surface area (Å²) in [6, 6.07) is 19.4. The quantitative estimate of drug-likeness (QED) is 0.714. The van der Waals surface area contributed by atoms with Crippen LogP contribution in [-0.2, 0) is 0 Å². The molecular weight excluding hydrogens is 261 g/mol. The highest BCUT2D eigenvalue weighted by Crippen LogP contribution is 2.27. The van der Waals surface area contributed by atoms with Gasteiger partial charge in [-0.05, 0) is 29.7 Å². The lowest BCUT2D eigenvalue weighted by Gasteiger charge is -2.19. The molecule has 0 aliphatic rings. The number of allylic oxidation sites excluding steroid dienone is 2. The van der Waals surface area contributed by atoms with Crippen molar-refractivity contribution in [1.29, 1.82) is 0 Å². The molecule has 0 heterocycles. The van der Waals surface area contributed by atoms with E-state index in [0.29, 0.717) is 5.70 Å². The summed E-state index contributed by atoms with van der Waals surface area (Å²) in [5.74, 6) is -0.229. The number of hydrogen-bond acceptors (Lipinski definition) is 1. The fourth-order valence-electron chi connectivity index (χ4n) is 2.32. The molecule has 2 rings (SSSR count). The first-order valence-electron chi connectivity index (χ1n) is 6.96. The number of halogens is 1. The lowest BCUT2D eigenvalue weighted by atomic mass is 10.0. The molecule has 0 fully saturated rings.